The van der Waals surface area contributed by atoms with Crippen molar-refractivity contribution in [2.75, 3.05) is 7.11 Å². The minimum atomic E-state index is -0.592. The fourth-order valence-electron chi connectivity index (χ4n) is 1.91. The van der Waals surface area contributed by atoms with Crippen LogP contribution in [0.5, 0.6) is 5.75 Å². The van der Waals surface area contributed by atoms with E-state index in [0.29, 0.717) is 21.3 Å². The smallest absolute Gasteiger partial charge is 0.497 e. The Hall–Kier alpha value is -0.415. The van der Waals surface area contributed by atoms with E-state index < -0.39 is 18.3 Å². The highest BCUT2D eigenvalue weighted by Crippen LogP contribution is 2.38. The highest BCUT2D eigenvalue weighted by Gasteiger charge is 2.53. The van der Waals surface area contributed by atoms with E-state index >= 15 is 0 Å². The summed E-state index contributed by atoms with van der Waals surface area (Å²) in [6, 6.07) is 3.45. The first-order valence-corrected chi connectivity index (χ1v) is 6.83. The van der Waals surface area contributed by atoms with E-state index in [-0.39, 0.29) is 0 Å². The van der Waals surface area contributed by atoms with Gasteiger partial charge in [-0.3, -0.25) is 0 Å². The van der Waals surface area contributed by atoms with Crippen LogP contribution in [-0.4, -0.2) is 25.4 Å². The van der Waals surface area contributed by atoms with E-state index in [1.165, 1.54) is 0 Å². The van der Waals surface area contributed by atoms with Gasteiger partial charge in [0.05, 0.1) is 28.4 Å². The van der Waals surface area contributed by atoms with Crippen LogP contribution in [0.25, 0.3) is 0 Å². The highest BCUT2D eigenvalue weighted by molar-refractivity contribution is 6.67. The molecule has 0 aromatic heterocycles. The topological polar surface area (TPSA) is 27.7 Å². The quantitative estimate of drug-likeness (QED) is 0.785. The van der Waals surface area contributed by atoms with E-state index in [1.807, 2.05) is 27.7 Å². The summed E-state index contributed by atoms with van der Waals surface area (Å²) in [5.41, 5.74) is -0.238. The van der Waals surface area contributed by atoms with E-state index in [1.54, 1.807) is 19.2 Å². The lowest BCUT2D eigenvalue weighted by Crippen LogP contribution is -2.41. The van der Waals surface area contributed by atoms with Gasteiger partial charge < -0.3 is 14.0 Å². The normalized spacial score (nSPS) is 20.7. The maximum absolute atomic E-state index is 6.27. The Morgan fingerprint density at radius 2 is 1.58 bits per heavy atom. The predicted octanol–water partition coefficient (Wildman–Crippen LogP) is 3.30. The molecule has 1 aromatic carbocycles. The van der Waals surface area contributed by atoms with E-state index in [9.17, 15) is 0 Å². The van der Waals surface area contributed by atoms with Crippen molar-refractivity contribution in [3.63, 3.8) is 0 Å². The third-order valence-corrected chi connectivity index (χ3v) is 4.62. The molecule has 0 radical (unpaired) electrons. The molecule has 0 N–H and O–H groups in total. The molecule has 0 saturated carbocycles. The summed E-state index contributed by atoms with van der Waals surface area (Å²) >= 11 is 12.3. The van der Waals surface area contributed by atoms with Gasteiger partial charge in [-0.05, 0) is 39.8 Å². The Morgan fingerprint density at radius 3 is 2.05 bits per heavy atom. The standard InChI is InChI=1S/C13H17BCl2O3/c1-12(2)13(3,4)19-14(18-12)10-9(17-5)7-6-8(15)11(10)16/h6-7H,1-5H3. The Balaban J connectivity index is 2.47. The number of hydrogen-bond acceptors (Lipinski definition) is 3. The monoisotopic (exact) mass is 302 g/mol. The van der Waals surface area contributed by atoms with Crippen LogP contribution >= 0.6 is 23.2 Å². The van der Waals surface area contributed by atoms with Crippen LogP contribution in [0.3, 0.4) is 0 Å². The van der Waals surface area contributed by atoms with Crippen molar-refractivity contribution in [1.29, 1.82) is 0 Å². The Kier molecular flexibility index (Phi) is 3.82. The number of rotatable bonds is 2. The van der Waals surface area contributed by atoms with Gasteiger partial charge in [0.15, 0.2) is 0 Å². The summed E-state index contributed by atoms with van der Waals surface area (Å²) in [6.45, 7) is 7.94. The molecule has 3 nitrogen and oxygen atoms in total. The van der Waals surface area contributed by atoms with Crippen molar-refractivity contribution >= 4 is 35.8 Å². The SMILES string of the molecule is COc1ccc(Cl)c(Cl)c1B1OC(C)(C)C(C)(C)O1. The molecule has 2 rings (SSSR count). The first kappa shape index (κ1) is 15.0. The zero-order chi connectivity index (χ0) is 14.4. The van der Waals surface area contributed by atoms with Crippen molar-refractivity contribution in [3.05, 3.63) is 22.2 Å². The van der Waals surface area contributed by atoms with Crippen molar-refractivity contribution in [2.45, 2.75) is 38.9 Å². The minimum Gasteiger partial charge on any atom is -0.497 e. The molecule has 1 aliphatic rings. The number of ether oxygens (including phenoxy) is 1. The van der Waals surface area contributed by atoms with Gasteiger partial charge in [-0.25, -0.2) is 0 Å². The van der Waals surface area contributed by atoms with Gasteiger partial charge in [0.25, 0.3) is 0 Å². The van der Waals surface area contributed by atoms with Crippen LogP contribution in [0.1, 0.15) is 27.7 Å². The van der Waals surface area contributed by atoms with E-state index in [4.69, 9.17) is 37.2 Å². The number of halogens is 2. The second-order valence-corrected chi connectivity index (χ2v) is 6.35. The summed E-state index contributed by atoms with van der Waals surface area (Å²) in [6.07, 6.45) is 0. The van der Waals surface area contributed by atoms with Gasteiger partial charge in [-0.15, -0.1) is 0 Å². The molecule has 1 saturated heterocycles. The fourth-order valence-corrected chi connectivity index (χ4v) is 2.32. The van der Waals surface area contributed by atoms with Crippen molar-refractivity contribution in [3.8, 4) is 5.75 Å². The molecule has 0 atom stereocenters. The van der Waals surface area contributed by atoms with Crippen LogP contribution < -0.4 is 10.2 Å². The average Bonchev–Trinajstić information content (AvgIpc) is 2.51. The molecule has 0 aliphatic carbocycles. The number of benzene rings is 1. The number of methoxy groups -OCH3 is 1. The second kappa shape index (κ2) is 4.85. The number of hydrogen-bond donors (Lipinski definition) is 0. The summed E-state index contributed by atoms with van der Waals surface area (Å²) in [5.74, 6) is 0.605. The molecule has 19 heavy (non-hydrogen) atoms. The molecule has 1 heterocycles. The maximum Gasteiger partial charge on any atom is 0.500 e. The average molecular weight is 303 g/mol. The summed E-state index contributed by atoms with van der Waals surface area (Å²) in [7, 11) is 0.986. The minimum absolute atomic E-state index is 0.402. The van der Waals surface area contributed by atoms with Gasteiger partial charge in [-0.2, -0.15) is 0 Å². The largest absolute Gasteiger partial charge is 0.500 e. The van der Waals surface area contributed by atoms with Crippen molar-refractivity contribution in [2.24, 2.45) is 0 Å². The molecular weight excluding hydrogens is 286 g/mol. The molecule has 0 bridgehead atoms. The first-order valence-electron chi connectivity index (χ1n) is 6.07. The van der Waals surface area contributed by atoms with Gasteiger partial charge in [-0.1, -0.05) is 23.2 Å². The van der Waals surface area contributed by atoms with Gasteiger partial charge in [0, 0.05) is 5.46 Å². The molecule has 1 fully saturated rings. The lowest BCUT2D eigenvalue weighted by Gasteiger charge is -2.32. The molecule has 1 aliphatic heterocycles. The van der Waals surface area contributed by atoms with Gasteiger partial charge >= 0.3 is 7.12 Å². The Labute approximate surface area is 124 Å². The summed E-state index contributed by atoms with van der Waals surface area (Å²) < 4.78 is 17.3. The van der Waals surface area contributed by atoms with Crippen LogP contribution in [0.15, 0.2) is 12.1 Å². The third kappa shape index (κ3) is 2.47. The zero-order valence-corrected chi connectivity index (χ0v) is 13.2. The third-order valence-electron chi connectivity index (χ3n) is 3.80. The first-order chi connectivity index (χ1) is 8.69. The lowest BCUT2D eigenvalue weighted by molar-refractivity contribution is 0.00578. The fraction of sp³-hybridized carbons (Fsp3) is 0.538. The van der Waals surface area contributed by atoms with Gasteiger partial charge in [0.1, 0.15) is 5.75 Å². The molecular formula is C13H17BCl2O3. The van der Waals surface area contributed by atoms with Crippen LogP contribution in [0.2, 0.25) is 10.0 Å². The molecule has 6 heteroatoms. The van der Waals surface area contributed by atoms with Gasteiger partial charge in [0.2, 0.25) is 0 Å². The lowest BCUT2D eigenvalue weighted by atomic mass is 9.78. The molecule has 0 amide bonds. The summed E-state index contributed by atoms with van der Waals surface area (Å²) in [5, 5.41) is 0.853. The Morgan fingerprint density at radius 1 is 1.05 bits per heavy atom. The van der Waals surface area contributed by atoms with Crippen LogP contribution in [0, 0.1) is 0 Å². The molecule has 104 valence electrons. The molecule has 0 unspecified atom stereocenters. The van der Waals surface area contributed by atoms with Crippen LogP contribution in [-0.2, 0) is 9.31 Å². The predicted molar refractivity (Wildman–Crippen MR) is 78.7 cm³/mol. The highest BCUT2D eigenvalue weighted by atomic mass is 35.5. The van der Waals surface area contributed by atoms with E-state index in [0.717, 1.165) is 0 Å². The van der Waals surface area contributed by atoms with E-state index in [2.05, 4.69) is 0 Å². The van der Waals surface area contributed by atoms with Crippen molar-refractivity contribution in [1.82, 2.24) is 0 Å². The molecule has 1 aromatic rings. The summed E-state index contributed by atoms with van der Waals surface area (Å²) in [4.78, 5) is 0. The zero-order valence-electron chi connectivity index (χ0n) is 11.7. The second-order valence-electron chi connectivity index (χ2n) is 5.57. The van der Waals surface area contributed by atoms with Crippen molar-refractivity contribution < 1.29 is 14.0 Å². The molecule has 0 spiro atoms. The maximum atomic E-state index is 6.27. The van der Waals surface area contributed by atoms with Crippen LogP contribution in [0.4, 0.5) is 0 Å². The Bertz CT molecular complexity index is 487.